The zero-order valence-corrected chi connectivity index (χ0v) is 23.1. The number of carbonyl (C=O) groups is 2. The second-order valence-electron chi connectivity index (χ2n) is 12.0. The summed E-state index contributed by atoms with van der Waals surface area (Å²) in [5, 5.41) is 54.5. The molecule has 4 aliphatic rings. The second-order valence-corrected chi connectivity index (χ2v) is 12.0. The summed E-state index contributed by atoms with van der Waals surface area (Å²) in [4.78, 5) is 27.4. The maximum Gasteiger partial charge on any atom is 0.255 e. The Hall–Kier alpha value is -3.62. The predicted molar refractivity (Wildman–Crippen MR) is 146 cm³/mol. The van der Waals surface area contributed by atoms with Gasteiger partial charge in [-0.05, 0) is 23.8 Å². The summed E-state index contributed by atoms with van der Waals surface area (Å²) in [7, 11) is 0. The number of nitrogens with one attached hydrogen (secondary N) is 7. The number of amides is 2. The minimum absolute atomic E-state index is 0.000231. The minimum atomic E-state index is -2.64. The van der Waals surface area contributed by atoms with Gasteiger partial charge in [-0.25, -0.2) is 0 Å². The van der Waals surface area contributed by atoms with E-state index in [2.05, 4.69) is 40.4 Å². The molecule has 4 heterocycles. The molecular formula is C26H39N9O5. The third kappa shape index (κ3) is 4.12. The Kier molecular flexibility index (Phi) is 6.63. The van der Waals surface area contributed by atoms with Crippen molar-refractivity contribution in [2.75, 3.05) is 19.7 Å². The highest BCUT2D eigenvalue weighted by Crippen LogP contribution is 2.44. The second kappa shape index (κ2) is 9.49. The lowest BCUT2D eigenvalue weighted by Gasteiger charge is -2.51. The molecule has 14 heteroatoms. The highest BCUT2D eigenvalue weighted by Gasteiger charge is 2.74. The van der Waals surface area contributed by atoms with E-state index in [0.29, 0.717) is 12.4 Å². The van der Waals surface area contributed by atoms with Crippen molar-refractivity contribution in [2.24, 2.45) is 11.7 Å². The average Bonchev–Trinajstić information content (AvgIpc) is 3.35. The molecule has 3 saturated heterocycles. The fourth-order valence-corrected chi connectivity index (χ4v) is 6.16. The van der Waals surface area contributed by atoms with Crippen LogP contribution >= 0.6 is 0 Å². The van der Waals surface area contributed by atoms with E-state index in [4.69, 9.17) is 21.3 Å². The van der Waals surface area contributed by atoms with Crippen molar-refractivity contribution >= 4 is 23.7 Å². The number of nitrogens with zero attached hydrogens (tertiary/aromatic N) is 1. The van der Waals surface area contributed by atoms with Crippen LogP contribution in [0.4, 0.5) is 0 Å². The van der Waals surface area contributed by atoms with Crippen molar-refractivity contribution in [1.82, 2.24) is 31.5 Å². The van der Waals surface area contributed by atoms with Gasteiger partial charge in [0.15, 0.2) is 17.6 Å². The van der Waals surface area contributed by atoms with Crippen LogP contribution in [0.5, 0.6) is 5.75 Å². The van der Waals surface area contributed by atoms with E-state index in [1.54, 1.807) is 12.1 Å². The molecule has 1 aromatic carbocycles. The number of fused-ring (bicyclic) bond motifs is 1. The number of benzene rings is 1. The molecule has 0 radical (unpaired) electrons. The van der Waals surface area contributed by atoms with E-state index in [1.165, 1.54) is 4.90 Å². The van der Waals surface area contributed by atoms with E-state index in [-0.39, 0.29) is 47.8 Å². The maximum atomic E-state index is 13.5. The van der Waals surface area contributed by atoms with Gasteiger partial charge in [-0.15, -0.1) is 0 Å². The number of guanidine groups is 2. The molecule has 40 heavy (non-hydrogen) atoms. The summed E-state index contributed by atoms with van der Waals surface area (Å²) in [6.45, 7) is 8.13. The lowest BCUT2D eigenvalue weighted by Crippen LogP contribution is -2.81. The van der Waals surface area contributed by atoms with Gasteiger partial charge >= 0.3 is 0 Å². The summed E-state index contributed by atoms with van der Waals surface area (Å²) in [6.07, 6.45) is 0.799. The van der Waals surface area contributed by atoms with E-state index in [9.17, 15) is 19.8 Å². The van der Waals surface area contributed by atoms with Crippen LogP contribution in [-0.4, -0.2) is 94.2 Å². The fourth-order valence-electron chi connectivity index (χ4n) is 6.16. The minimum Gasteiger partial charge on any atom is -0.492 e. The molecule has 0 bridgehead atoms. The Morgan fingerprint density at radius 2 is 1.98 bits per heavy atom. The van der Waals surface area contributed by atoms with Crippen molar-refractivity contribution in [3.05, 3.63) is 29.3 Å². The number of rotatable bonds is 6. The summed E-state index contributed by atoms with van der Waals surface area (Å²) in [5.74, 6) is -3.53. The monoisotopic (exact) mass is 557 g/mol. The molecule has 0 aliphatic carbocycles. The molecule has 5 atom stereocenters. The molecule has 5 rings (SSSR count). The van der Waals surface area contributed by atoms with Gasteiger partial charge in [0, 0.05) is 18.7 Å². The van der Waals surface area contributed by atoms with Crippen molar-refractivity contribution in [1.29, 1.82) is 10.8 Å². The van der Waals surface area contributed by atoms with Crippen molar-refractivity contribution in [2.45, 2.75) is 75.1 Å². The number of ether oxygens (including phenoxy) is 1. The molecular weight excluding hydrogens is 518 g/mol. The Balaban J connectivity index is 1.41. The van der Waals surface area contributed by atoms with E-state index in [1.807, 2.05) is 19.9 Å². The lowest BCUT2D eigenvalue weighted by atomic mass is 9.79. The number of hydrogen-bond acceptors (Lipinski definition) is 8. The van der Waals surface area contributed by atoms with Crippen LogP contribution in [0.25, 0.3) is 0 Å². The van der Waals surface area contributed by atoms with Crippen molar-refractivity contribution < 1.29 is 24.5 Å². The molecule has 1 spiro atoms. The summed E-state index contributed by atoms with van der Waals surface area (Å²) in [6, 6.07) is 1.75. The van der Waals surface area contributed by atoms with Gasteiger partial charge in [0.05, 0.1) is 30.3 Å². The predicted octanol–water partition coefficient (Wildman–Crippen LogP) is -1.96. The van der Waals surface area contributed by atoms with Gasteiger partial charge in [-0.2, -0.15) is 0 Å². The smallest absolute Gasteiger partial charge is 0.255 e. The number of hydrogen-bond donors (Lipinski definition) is 10. The van der Waals surface area contributed by atoms with E-state index >= 15 is 0 Å². The summed E-state index contributed by atoms with van der Waals surface area (Å²) < 4.78 is 5.88. The van der Waals surface area contributed by atoms with Gasteiger partial charge < -0.3 is 52.2 Å². The lowest BCUT2D eigenvalue weighted by molar-refractivity contribution is -0.232. The molecule has 3 fully saturated rings. The average molecular weight is 558 g/mol. The Morgan fingerprint density at radius 3 is 2.67 bits per heavy atom. The summed E-state index contributed by atoms with van der Waals surface area (Å²) >= 11 is 0. The molecule has 11 N–H and O–H groups in total. The van der Waals surface area contributed by atoms with Crippen molar-refractivity contribution in [3.63, 3.8) is 0 Å². The van der Waals surface area contributed by atoms with E-state index < -0.39 is 41.5 Å². The molecule has 2 amide bonds. The van der Waals surface area contributed by atoms with Gasteiger partial charge in [-0.3, -0.25) is 20.4 Å². The largest absolute Gasteiger partial charge is 0.492 e. The SMILES string of the molecule is CC(C)[C@H](N)C(=O)NCC1NC(=N)N2CC(NC(=O)c3cccc4c3OCCC4(C)C)C(O)(O)C23NC(=N)NC13. The normalized spacial score (nSPS) is 30.1. The van der Waals surface area contributed by atoms with Crippen LogP contribution < -0.4 is 37.1 Å². The molecule has 4 unspecified atom stereocenters. The Morgan fingerprint density at radius 1 is 1.25 bits per heavy atom. The quantitative estimate of drug-likeness (QED) is 0.174. The first-order valence-electron chi connectivity index (χ1n) is 13.5. The highest BCUT2D eigenvalue weighted by molar-refractivity contribution is 5.98. The van der Waals surface area contributed by atoms with Crippen LogP contribution in [0.3, 0.4) is 0 Å². The van der Waals surface area contributed by atoms with Crippen LogP contribution in [0.2, 0.25) is 0 Å². The van der Waals surface area contributed by atoms with Gasteiger partial charge in [0.25, 0.3) is 5.91 Å². The standard InChI is InChI=1S/C26H39N9O5/c1-12(2)17(27)21(37)30-10-15-19-25(34-22(28)33-19)26(38,39)16(11-35(25)23(29)31-15)32-20(36)13-6-5-7-14-18(13)40-9-8-24(14,3)4/h5-7,12,15-17,19,38-39H,8-11,27H2,1-4H3,(H2,29,31)(H,30,37)(H,32,36)(H3,28,33,34)/t15?,16?,17-,19?,25?/m0/s1. The third-order valence-corrected chi connectivity index (χ3v) is 8.68. The number of carbonyl (C=O) groups excluding carboxylic acids is 2. The Bertz CT molecular complexity index is 1250. The fraction of sp³-hybridized carbons (Fsp3) is 0.615. The number of para-hydroxylation sites is 1. The molecule has 14 nitrogen and oxygen atoms in total. The first kappa shape index (κ1) is 27.9. The third-order valence-electron chi connectivity index (χ3n) is 8.68. The first-order valence-corrected chi connectivity index (χ1v) is 13.5. The van der Waals surface area contributed by atoms with Crippen LogP contribution in [0, 0.1) is 16.7 Å². The number of nitrogens with two attached hydrogens (primary N) is 1. The van der Waals surface area contributed by atoms with Crippen LogP contribution in [0.1, 0.15) is 50.0 Å². The zero-order valence-electron chi connectivity index (χ0n) is 23.1. The van der Waals surface area contributed by atoms with Crippen LogP contribution in [-0.2, 0) is 10.2 Å². The molecule has 1 aromatic rings. The molecule has 0 aromatic heterocycles. The summed E-state index contributed by atoms with van der Waals surface area (Å²) in [5.41, 5.74) is 5.16. The van der Waals surface area contributed by atoms with E-state index in [0.717, 1.165) is 12.0 Å². The number of aliphatic hydroxyl groups is 2. The van der Waals surface area contributed by atoms with Crippen LogP contribution in [0.15, 0.2) is 18.2 Å². The first-order chi connectivity index (χ1) is 18.7. The van der Waals surface area contributed by atoms with Gasteiger partial charge in [-0.1, -0.05) is 39.8 Å². The zero-order chi connectivity index (χ0) is 29.2. The van der Waals surface area contributed by atoms with Gasteiger partial charge in [0.1, 0.15) is 11.8 Å². The topological polar surface area (TPSA) is 221 Å². The molecule has 4 aliphatic heterocycles. The molecule has 218 valence electrons. The van der Waals surface area contributed by atoms with Gasteiger partial charge in [0.2, 0.25) is 11.7 Å². The molecule has 0 saturated carbocycles. The van der Waals surface area contributed by atoms with Crippen molar-refractivity contribution in [3.8, 4) is 5.75 Å². The maximum absolute atomic E-state index is 13.5. The highest BCUT2D eigenvalue weighted by atomic mass is 16.5. The Labute approximate surface area is 232 Å².